The van der Waals surface area contributed by atoms with Gasteiger partial charge in [-0.3, -0.25) is 19.2 Å². The molecule has 25 heavy (non-hydrogen) atoms. The van der Waals surface area contributed by atoms with Crippen molar-refractivity contribution in [1.29, 1.82) is 0 Å². The molecular weight excluding hydrogens is 336 g/mol. The van der Waals surface area contributed by atoms with Gasteiger partial charge in [0.25, 0.3) is 0 Å². The summed E-state index contributed by atoms with van der Waals surface area (Å²) in [6.45, 7) is 4.31. The lowest BCUT2D eigenvalue weighted by atomic mass is 9.94. The van der Waals surface area contributed by atoms with Gasteiger partial charge in [-0.15, -0.1) is 6.42 Å². The molecule has 1 saturated heterocycles. The quantitative estimate of drug-likeness (QED) is 0.373. The monoisotopic (exact) mass is 356 g/mol. The highest BCUT2D eigenvalue weighted by atomic mass is 16.7. The average Bonchev–Trinajstić information content (AvgIpc) is 2.48. The van der Waals surface area contributed by atoms with Crippen molar-refractivity contribution >= 4 is 23.9 Å². The second-order valence-electron chi connectivity index (χ2n) is 5.29. The molecule has 9 nitrogen and oxygen atoms in total. The summed E-state index contributed by atoms with van der Waals surface area (Å²) in [5, 5.41) is 0. The van der Waals surface area contributed by atoms with E-state index < -0.39 is 54.4 Å². The van der Waals surface area contributed by atoms with E-state index in [1.54, 1.807) is 0 Å². The van der Waals surface area contributed by atoms with E-state index in [0.29, 0.717) is 0 Å². The van der Waals surface area contributed by atoms with E-state index in [1.807, 2.05) is 0 Å². The summed E-state index contributed by atoms with van der Waals surface area (Å²) < 4.78 is 25.9. The van der Waals surface area contributed by atoms with Crippen molar-refractivity contribution in [2.75, 3.05) is 6.61 Å². The summed E-state index contributed by atoms with van der Waals surface area (Å²) in [6, 6.07) is 0. The van der Waals surface area contributed by atoms with Gasteiger partial charge in [0.05, 0.1) is 0 Å². The van der Waals surface area contributed by atoms with Crippen molar-refractivity contribution < 1.29 is 42.9 Å². The summed E-state index contributed by atoms with van der Waals surface area (Å²) in [5.41, 5.74) is 0. The molecule has 0 amide bonds. The Labute approximate surface area is 144 Å². The van der Waals surface area contributed by atoms with Crippen molar-refractivity contribution in [2.45, 2.75) is 58.2 Å². The molecule has 0 radical (unpaired) electrons. The molecule has 5 atom stereocenters. The molecule has 0 unspecified atom stereocenters. The van der Waals surface area contributed by atoms with Crippen LogP contribution in [0.15, 0.2) is 0 Å². The minimum absolute atomic E-state index is 0.296. The van der Waals surface area contributed by atoms with Crippen LogP contribution in [0, 0.1) is 12.3 Å². The number of ether oxygens (including phenoxy) is 5. The molecule has 0 spiro atoms. The third-order valence-electron chi connectivity index (χ3n) is 3.16. The van der Waals surface area contributed by atoms with Crippen LogP contribution in [0.3, 0.4) is 0 Å². The van der Waals surface area contributed by atoms with E-state index >= 15 is 0 Å². The van der Waals surface area contributed by atoms with E-state index in [9.17, 15) is 19.2 Å². The van der Waals surface area contributed by atoms with Crippen LogP contribution in [0.1, 0.15) is 27.7 Å². The fourth-order valence-electron chi connectivity index (χ4n) is 2.36. The molecular formula is C16H20O9. The molecule has 0 aromatic rings. The van der Waals surface area contributed by atoms with E-state index in [-0.39, 0.29) is 6.61 Å². The molecule has 9 heteroatoms. The van der Waals surface area contributed by atoms with Crippen molar-refractivity contribution in [3.63, 3.8) is 0 Å². The Bertz CT molecular complexity index is 577. The van der Waals surface area contributed by atoms with Crippen LogP contribution < -0.4 is 0 Å². The molecule has 1 heterocycles. The molecule has 1 rings (SSSR count). The zero-order valence-corrected chi connectivity index (χ0v) is 14.3. The van der Waals surface area contributed by atoms with Crippen molar-refractivity contribution in [1.82, 2.24) is 0 Å². The maximum Gasteiger partial charge on any atom is 0.303 e. The largest absolute Gasteiger partial charge is 0.463 e. The molecule has 138 valence electrons. The Morgan fingerprint density at radius 3 is 1.76 bits per heavy atom. The minimum atomic E-state index is -1.22. The average molecular weight is 356 g/mol. The maximum atomic E-state index is 11.5. The summed E-state index contributed by atoms with van der Waals surface area (Å²) >= 11 is 0. The third-order valence-corrected chi connectivity index (χ3v) is 3.16. The predicted molar refractivity (Wildman–Crippen MR) is 80.8 cm³/mol. The van der Waals surface area contributed by atoms with Crippen LogP contribution in [0.4, 0.5) is 0 Å². The molecule has 0 bridgehead atoms. The lowest BCUT2D eigenvalue weighted by Crippen LogP contribution is -2.62. The second-order valence-corrected chi connectivity index (χ2v) is 5.29. The van der Waals surface area contributed by atoms with Gasteiger partial charge in [0.2, 0.25) is 0 Å². The normalized spacial score (nSPS) is 28.2. The summed E-state index contributed by atoms with van der Waals surface area (Å²) in [5.74, 6) is -0.396. The number of hydrogen-bond donors (Lipinski definition) is 0. The Hall–Kier alpha value is -2.60. The van der Waals surface area contributed by atoms with E-state index in [1.165, 1.54) is 6.92 Å². The van der Waals surface area contributed by atoms with Crippen LogP contribution in [-0.4, -0.2) is 61.0 Å². The number of rotatable bonds is 5. The lowest BCUT2D eigenvalue weighted by molar-refractivity contribution is -0.242. The number of carbonyl (C=O) groups is 4. The van der Waals surface area contributed by atoms with Crippen molar-refractivity contribution in [3.05, 3.63) is 0 Å². The van der Waals surface area contributed by atoms with Crippen LogP contribution in [0.2, 0.25) is 0 Å². The highest BCUT2D eigenvalue weighted by Crippen LogP contribution is 2.28. The van der Waals surface area contributed by atoms with E-state index in [2.05, 4.69) is 5.92 Å². The molecule has 0 aromatic heterocycles. The first-order chi connectivity index (χ1) is 11.6. The third kappa shape index (κ3) is 6.08. The first kappa shape index (κ1) is 20.4. The van der Waals surface area contributed by atoms with Gasteiger partial charge in [-0.2, -0.15) is 0 Å². The Balaban J connectivity index is 3.21. The number of esters is 4. The van der Waals surface area contributed by atoms with Gasteiger partial charge >= 0.3 is 23.9 Å². The molecule has 1 aliphatic rings. The lowest BCUT2D eigenvalue weighted by Gasteiger charge is -2.42. The van der Waals surface area contributed by atoms with Gasteiger partial charge in [0.1, 0.15) is 12.7 Å². The van der Waals surface area contributed by atoms with Crippen LogP contribution >= 0.6 is 0 Å². The summed E-state index contributed by atoms with van der Waals surface area (Å²) in [6.07, 6.45) is -0.298. The van der Waals surface area contributed by atoms with Crippen LogP contribution in [-0.2, 0) is 42.9 Å². The van der Waals surface area contributed by atoms with Gasteiger partial charge in [0.15, 0.2) is 24.4 Å². The Kier molecular flexibility index (Phi) is 7.39. The van der Waals surface area contributed by atoms with Gasteiger partial charge < -0.3 is 23.7 Å². The number of terminal acetylenes is 1. The van der Waals surface area contributed by atoms with Crippen LogP contribution in [0.25, 0.3) is 0 Å². The van der Waals surface area contributed by atoms with Gasteiger partial charge in [-0.05, 0) is 0 Å². The number of hydrogen-bond acceptors (Lipinski definition) is 9. The zero-order chi connectivity index (χ0) is 19.1. The fourth-order valence-corrected chi connectivity index (χ4v) is 2.36. The standard InChI is InChI=1S/C16H20O9/c1-6-12-14(22-9(3)18)16(24-11(5)20)15(23-10(4)19)13(25-12)7-21-8(2)17/h1,12-16H,7H2,2-5H3/t12-,13+,14-,15+,16+/m0/s1. The van der Waals surface area contributed by atoms with Gasteiger partial charge in [-0.25, -0.2) is 0 Å². The van der Waals surface area contributed by atoms with Crippen molar-refractivity contribution in [2.24, 2.45) is 0 Å². The first-order valence-corrected chi connectivity index (χ1v) is 7.42. The second kappa shape index (κ2) is 9.03. The summed E-state index contributed by atoms with van der Waals surface area (Å²) in [7, 11) is 0. The summed E-state index contributed by atoms with van der Waals surface area (Å²) in [4.78, 5) is 45.3. The molecule has 0 aliphatic carbocycles. The SMILES string of the molecule is C#C[C@@H]1O[C@H](COC(C)=O)[C@@H](OC(C)=O)[C@H](OC(C)=O)[C@H]1OC(C)=O. The molecule has 0 saturated carbocycles. The molecule has 1 fully saturated rings. The molecule has 0 N–H and O–H groups in total. The first-order valence-electron chi connectivity index (χ1n) is 7.42. The topological polar surface area (TPSA) is 114 Å². The molecule has 0 aromatic carbocycles. The van der Waals surface area contributed by atoms with Gasteiger partial charge in [-0.1, -0.05) is 5.92 Å². The zero-order valence-electron chi connectivity index (χ0n) is 14.3. The van der Waals surface area contributed by atoms with Gasteiger partial charge in [0, 0.05) is 27.7 Å². The van der Waals surface area contributed by atoms with E-state index in [4.69, 9.17) is 30.1 Å². The Morgan fingerprint density at radius 2 is 1.32 bits per heavy atom. The number of carbonyl (C=O) groups excluding carboxylic acids is 4. The fraction of sp³-hybridized carbons (Fsp3) is 0.625. The van der Waals surface area contributed by atoms with Crippen LogP contribution in [0.5, 0.6) is 0 Å². The molecule has 1 aliphatic heterocycles. The smallest absolute Gasteiger partial charge is 0.303 e. The highest BCUT2D eigenvalue weighted by molar-refractivity contribution is 5.68. The Morgan fingerprint density at radius 1 is 0.840 bits per heavy atom. The maximum absolute atomic E-state index is 11.5. The minimum Gasteiger partial charge on any atom is -0.463 e. The van der Waals surface area contributed by atoms with E-state index in [0.717, 1.165) is 20.8 Å². The highest BCUT2D eigenvalue weighted by Gasteiger charge is 2.51. The van der Waals surface area contributed by atoms with Crippen molar-refractivity contribution in [3.8, 4) is 12.3 Å². The predicted octanol–water partition coefficient (Wildman–Crippen LogP) is -0.255.